The number of benzene rings is 3. The molecule has 0 radical (unpaired) electrons. The van der Waals surface area contributed by atoms with Gasteiger partial charge in [0.25, 0.3) is 0 Å². The second-order valence-corrected chi connectivity index (χ2v) is 82.2. The summed E-state index contributed by atoms with van der Waals surface area (Å²) in [5, 5.41) is 21.8. The predicted molar refractivity (Wildman–Crippen MR) is 344 cm³/mol. The zero-order chi connectivity index (χ0) is 53.6. The van der Waals surface area contributed by atoms with Crippen LogP contribution in [0.15, 0.2) is 40.5 Å². The van der Waals surface area contributed by atoms with E-state index in [4.69, 9.17) is 0 Å². The van der Waals surface area contributed by atoms with E-state index in [1.807, 2.05) is 31.1 Å². The van der Waals surface area contributed by atoms with Gasteiger partial charge in [-0.15, -0.1) is 0 Å². The van der Waals surface area contributed by atoms with E-state index in [1.165, 1.54) is 0 Å². The topological polar surface area (TPSA) is 0 Å². The summed E-state index contributed by atoms with van der Waals surface area (Å²) in [5.41, 5.74) is 11.6. The molecule has 0 saturated heterocycles. The third kappa shape index (κ3) is 12.2. The van der Waals surface area contributed by atoms with Gasteiger partial charge in [0.2, 0.25) is 0 Å². The Balaban J connectivity index is 0.00000840. The molecular weight excluding hydrogens is 1120 g/mol. The molecule has 0 saturated carbocycles. The maximum absolute atomic E-state index is 3.40. The number of allylic oxidation sites excluding steroid dienone is 4. The van der Waals surface area contributed by atoms with Crippen LogP contribution < -0.4 is 99.5 Å². The van der Waals surface area contributed by atoms with Gasteiger partial charge in [-0.25, -0.2) is 0 Å². The van der Waals surface area contributed by atoms with Crippen molar-refractivity contribution >= 4 is 143 Å². The van der Waals surface area contributed by atoms with E-state index in [0.29, 0.717) is 0 Å². The molecular formula is C57H105Cl3Si10Ti. The largest absolute Gasteiger partial charge is 1.00 e. The summed E-state index contributed by atoms with van der Waals surface area (Å²) < 4.78 is -0.204. The van der Waals surface area contributed by atoms with Crippen molar-refractivity contribution in [2.75, 3.05) is 0 Å². The zero-order valence-corrected chi connectivity index (χ0v) is 66.2. The molecule has 0 amide bonds. The van der Waals surface area contributed by atoms with Crippen molar-refractivity contribution in [1.29, 1.82) is 0 Å². The molecule has 0 aromatic heterocycles. The van der Waals surface area contributed by atoms with E-state index in [-0.39, 0.29) is 40.6 Å². The number of hydrogen-bond acceptors (Lipinski definition) is 0. The molecule has 0 unspecified atom stereocenters. The molecule has 0 bridgehead atoms. The van der Waals surface area contributed by atoms with Crippen molar-refractivity contribution in [1.82, 2.24) is 0 Å². The SMILES string of the molecule is CC1=C(C)[C]([Ti+3])([Si](c2c([Si](C)(C)C)cc([Si](C)(C)C)c([Si](C)(C)C)c2C)(c2c([Si](C)(C)C)cc([Si](C)(C)C)c([Si](C)(C)C)c2C)c2c([Si](C)(C)C)cc([Si](C)(C)C)c([Si](C)(C)C)c2C)C(C)=C1C.[Cl-].[Cl-].[Cl-]. The third-order valence-electron chi connectivity index (χ3n) is 16.3. The van der Waals surface area contributed by atoms with Gasteiger partial charge in [0, 0.05) is 0 Å². The first-order valence-corrected chi connectivity index (χ1v) is 60.8. The van der Waals surface area contributed by atoms with E-state index in [2.05, 4.69) is 264 Å². The van der Waals surface area contributed by atoms with Crippen LogP contribution in [0.1, 0.15) is 44.4 Å². The fourth-order valence-electron chi connectivity index (χ4n) is 13.3. The van der Waals surface area contributed by atoms with Crippen LogP contribution in [-0.4, -0.2) is 80.7 Å². The fraction of sp³-hybridized carbons (Fsp3) is 0.614. The molecule has 0 nitrogen and oxygen atoms in total. The molecule has 3 aromatic carbocycles. The Morgan fingerprint density at radius 3 is 0.563 bits per heavy atom. The van der Waals surface area contributed by atoms with Crippen LogP contribution in [0.25, 0.3) is 0 Å². The molecule has 71 heavy (non-hydrogen) atoms. The summed E-state index contributed by atoms with van der Waals surface area (Å²) in [6, 6.07) is 8.97. The van der Waals surface area contributed by atoms with Gasteiger partial charge in [-0.1, -0.05) is 0 Å². The number of hydrogen-bond donors (Lipinski definition) is 0. The van der Waals surface area contributed by atoms with Crippen LogP contribution in [0, 0.1) is 20.8 Å². The first-order valence-electron chi connectivity index (χ1n) is 26.5. The maximum Gasteiger partial charge on any atom is -1.00 e. The Kier molecular flexibility index (Phi) is 21.2. The van der Waals surface area contributed by atoms with E-state index < -0.39 is 80.7 Å². The minimum Gasteiger partial charge on any atom is -1.00 e. The van der Waals surface area contributed by atoms with Crippen LogP contribution in [0.4, 0.5) is 0 Å². The Bertz CT molecular complexity index is 2330. The van der Waals surface area contributed by atoms with E-state index in [1.54, 1.807) is 70.1 Å². The molecule has 1 aliphatic rings. The normalized spacial score (nSPS) is 15.8. The van der Waals surface area contributed by atoms with Gasteiger partial charge in [0.05, 0.1) is 0 Å². The molecule has 1 aliphatic carbocycles. The van der Waals surface area contributed by atoms with Crippen molar-refractivity contribution in [3.63, 3.8) is 0 Å². The quantitative estimate of drug-likeness (QED) is 0.182. The van der Waals surface area contributed by atoms with Crippen LogP contribution >= 0.6 is 0 Å². The molecule has 0 fully saturated rings. The number of halogens is 3. The summed E-state index contributed by atoms with van der Waals surface area (Å²) >= 11 is 2.89. The van der Waals surface area contributed by atoms with Gasteiger partial charge in [0.15, 0.2) is 0 Å². The minimum atomic E-state index is -3.40. The fourth-order valence-corrected chi connectivity index (χ4v) is 50.6. The average molecular weight is 1230 g/mol. The van der Waals surface area contributed by atoms with Gasteiger partial charge in [-0.2, -0.15) is 0 Å². The van der Waals surface area contributed by atoms with Crippen LogP contribution in [0.3, 0.4) is 0 Å². The number of rotatable bonds is 13. The van der Waals surface area contributed by atoms with Crippen molar-refractivity contribution in [2.24, 2.45) is 0 Å². The Hall–Kier alpha value is 0.893. The first kappa shape index (κ1) is 69.9. The monoisotopic (exact) mass is 1220 g/mol. The van der Waals surface area contributed by atoms with Gasteiger partial charge in [-0.05, 0) is 0 Å². The van der Waals surface area contributed by atoms with Crippen molar-refractivity contribution in [3.8, 4) is 0 Å². The second-order valence-electron chi connectivity index (χ2n) is 31.3. The van der Waals surface area contributed by atoms with Crippen molar-refractivity contribution in [3.05, 3.63) is 57.2 Å². The van der Waals surface area contributed by atoms with Crippen molar-refractivity contribution < 1.29 is 57.7 Å². The molecule has 3 aromatic rings. The van der Waals surface area contributed by atoms with Gasteiger partial charge in [-0.3, -0.25) is 0 Å². The third-order valence-corrected chi connectivity index (χ3v) is 45.3. The van der Waals surface area contributed by atoms with Crippen LogP contribution in [-0.2, 0) is 20.4 Å². The molecule has 0 heterocycles. The molecule has 0 spiro atoms. The summed E-state index contributed by atoms with van der Waals surface area (Å²) in [5.74, 6) is 0. The first-order chi connectivity index (χ1) is 29.8. The van der Waals surface area contributed by atoms with Crippen LogP contribution in [0.2, 0.25) is 180 Å². The minimum absolute atomic E-state index is 0. The standard InChI is InChI=1S/C57H105Si10.3ClH.Ti/c1-38-39(2)41(4)51(40(38)3)67(55-42(5)52(64(26,27)28)45(58(8,9)10)35-48(55)61(17,18)19,56-43(6)53(65(29,30)31)46(59(11,12)13)36-49(56)62(20,21)22)57-44(7)54(66(32,33)34)47(60(14,15)16)37-50(57)63(23,24)25;;;;/h35-37H,1-34H3;3*1H;/q;;;;+3/p-3. The van der Waals surface area contributed by atoms with Gasteiger partial charge < -0.3 is 37.2 Å². The maximum atomic E-state index is 2.99. The van der Waals surface area contributed by atoms with Crippen molar-refractivity contribution in [2.45, 2.75) is 229 Å². The molecule has 4 rings (SSSR count). The molecule has 0 N–H and O–H groups in total. The van der Waals surface area contributed by atoms with Gasteiger partial charge in [0.1, 0.15) is 0 Å². The van der Waals surface area contributed by atoms with E-state index >= 15 is 0 Å². The summed E-state index contributed by atoms with van der Waals surface area (Å²) in [6.07, 6.45) is 0. The summed E-state index contributed by atoms with van der Waals surface area (Å²) in [4.78, 5) is 0. The second kappa shape index (κ2) is 21.5. The molecule has 0 atom stereocenters. The average Bonchev–Trinajstić information content (AvgIpc) is 3.23. The predicted octanol–water partition coefficient (Wildman–Crippen LogP) is 1.93. The smallest absolute Gasteiger partial charge is 1.00 e. The van der Waals surface area contributed by atoms with E-state index in [0.717, 1.165) is 0 Å². The van der Waals surface area contributed by atoms with E-state index in [9.17, 15) is 0 Å². The van der Waals surface area contributed by atoms with Gasteiger partial charge >= 0.3 is 449 Å². The summed E-state index contributed by atoms with van der Waals surface area (Å²) in [6.45, 7) is 91.6. The molecule has 0 aliphatic heterocycles. The Morgan fingerprint density at radius 2 is 0.423 bits per heavy atom. The summed E-state index contributed by atoms with van der Waals surface area (Å²) in [7, 11) is -20.9. The van der Waals surface area contributed by atoms with Crippen LogP contribution in [0.5, 0.6) is 0 Å². The Labute approximate surface area is 481 Å². The molecule has 14 heteroatoms. The molecule has 398 valence electrons. The Morgan fingerprint density at radius 1 is 0.268 bits per heavy atom. The zero-order valence-electron chi connectivity index (χ0n) is 52.4.